The summed E-state index contributed by atoms with van der Waals surface area (Å²) in [5.74, 6) is 0.364. The molecule has 2 aromatic rings. The summed E-state index contributed by atoms with van der Waals surface area (Å²) < 4.78 is 16.3. The number of nitrogens with one attached hydrogen (secondary N) is 2. The molecule has 0 aliphatic carbocycles. The molecule has 0 spiro atoms. The second-order valence-corrected chi connectivity index (χ2v) is 5.38. The monoisotopic (exact) mass is 353 g/mol. The van der Waals surface area contributed by atoms with Crippen LogP contribution in [0.25, 0.3) is 0 Å². The Morgan fingerprint density at radius 3 is 2.76 bits per heavy atom. The van der Waals surface area contributed by atoms with Crippen molar-refractivity contribution < 1.29 is 4.39 Å². The van der Waals surface area contributed by atoms with Crippen LogP contribution >= 0.6 is 15.9 Å². The fourth-order valence-corrected chi connectivity index (χ4v) is 2.24. The highest BCUT2D eigenvalue weighted by molar-refractivity contribution is 9.10. The molecule has 0 fully saturated rings. The van der Waals surface area contributed by atoms with Crippen LogP contribution in [0.3, 0.4) is 0 Å². The number of nitrogens with zero attached hydrogens (tertiary/aromatic N) is 3. The average molecular weight is 354 g/mol. The van der Waals surface area contributed by atoms with Crippen LogP contribution < -0.4 is 10.6 Å². The third-order valence-electron chi connectivity index (χ3n) is 3.04. The fraction of sp³-hybridized carbons (Fsp3) is 0.286. The van der Waals surface area contributed by atoms with Crippen molar-refractivity contribution in [2.45, 2.75) is 13.1 Å². The van der Waals surface area contributed by atoms with Crippen LogP contribution in [-0.4, -0.2) is 22.8 Å². The van der Waals surface area contributed by atoms with Gasteiger partial charge in [0, 0.05) is 36.9 Å². The van der Waals surface area contributed by atoms with Crippen LogP contribution in [0.1, 0.15) is 11.3 Å². The first kappa shape index (κ1) is 15.5. The lowest BCUT2D eigenvalue weighted by molar-refractivity contribution is 0.603. The van der Waals surface area contributed by atoms with Gasteiger partial charge < -0.3 is 10.6 Å². The normalized spacial score (nSPS) is 11.5. The Bertz CT molecular complexity index is 638. The smallest absolute Gasteiger partial charge is 0.191 e. The summed E-state index contributed by atoms with van der Waals surface area (Å²) in [7, 11) is 3.56. The maximum Gasteiger partial charge on any atom is 0.191 e. The van der Waals surface area contributed by atoms with E-state index in [-0.39, 0.29) is 5.82 Å². The first-order valence-electron chi connectivity index (χ1n) is 6.45. The molecule has 0 radical (unpaired) electrons. The van der Waals surface area contributed by atoms with Gasteiger partial charge in [-0.05, 0) is 24.3 Å². The zero-order chi connectivity index (χ0) is 15.2. The molecule has 0 saturated carbocycles. The summed E-state index contributed by atoms with van der Waals surface area (Å²) in [5, 5.41) is 10.3. The summed E-state index contributed by atoms with van der Waals surface area (Å²) in [6, 6.07) is 6.78. The Labute approximate surface area is 131 Å². The SMILES string of the molecule is CN=C(NCc1cc(Br)ccc1F)NCc1ccnn1C. The van der Waals surface area contributed by atoms with Crippen molar-refractivity contribution in [1.82, 2.24) is 20.4 Å². The summed E-state index contributed by atoms with van der Waals surface area (Å²) in [6.07, 6.45) is 1.74. The second-order valence-electron chi connectivity index (χ2n) is 4.46. The van der Waals surface area contributed by atoms with Crippen LogP contribution in [0.2, 0.25) is 0 Å². The van der Waals surface area contributed by atoms with Gasteiger partial charge in [-0.3, -0.25) is 9.67 Å². The topological polar surface area (TPSA) is 54.2 Å². The molecule has 1 aromatic carbocycles. The molecule has 5 nitrogen and oxygen atoms in total. The number of benzene rings is 1. The highest BCUT2D eigenvalue weighted by Gasteiger charge is 2.05. The van der Waals surface area contributed by atoms with Crippen LogP contribution in [0.5, 0.6) is 0 Å². The summed E-state index contributed by atoms with van der Waals surface area (Å²) in [6.45, 7) is 0.952. The van der Waals surface area contributed by atoms with Crippen molar-refractivity contribution in [2.24, 2.45) is 12.0 Å². The third kappa shape index (κ3) is 4.29. The minimum atomic E-state index is -0.243. The number of aryl methyl sites for hydroxylation is 1. The lowest BCUT2D eigenvalue weighted by atomic mass is 10.2. The number of hydrogen-bond donors (Lipinski definition) is 2. The van der Waals surface area contributed by atoms with E-state index in [0.29, 0.717) is 24.6 Å². The van der Waals surface area contributed by atoms with Crippen molar-refractivity contribution in [3.63, 3.8) is 0 Å². The number of halogens is 2. The number of aliphatic imine (C=N–C) groups is 1. The minimum Gasteiger partial charge on any atom is -0.352 e. The molecule has 0 saturated heterocycles. The molecule has 0 bridgehead atoms. The van der Waals surface area contributed by atoms with Crippen molar-refractivity contribution in [3.8, 4) is 0 Å². The van der Waals surface area contributed by atoms with E-state index in [0.717, 1.165) is 10.2 Å². The number of guanidine groups is 1. The molecule has 112 valence electrons. The Hall–Kier alpha value is -1.89. The van der Waals surface area contributed by atoms with E-state index in [2.05, 4.69) is 36.7 Å². The molecule has 0 aliphatic heterocycles. The van der Waals surface area contributed by atoms with Crippen molar-refractivity contribution in [2.75, 3.05) is 7.05 Å². The summed E-state index contributed by atoms with van der Waals surface area (Å²) >= 11 is 3.34. The van der Waals surface area contributed by atoms with Gasteiger partial charge in [0.2, 0.25) is 0 Å². The van der Waals surface area contributed by atoms with Crippen molar-refractivity contribution >= 4 is 21.9 Å². The summed E-state index contributed by atoms with van der Waals surface area (Å²) in [5.41, 5.74) is 1.61. The standard InChI is InChI=1S/C14H17BrFN5/c1-17-14(19-9-12-5-6-20-21(12)2)18-8-10-7-11(15)3-4-13(10)16/h3-7H,8-9H2,1-2H3,(H2,17,18,19). The number of hydrogen-bond acceptors (Lipinski definition) is 2. The van der Waals surface area contributed by atoms with E-state index in [1.807, 2.05) is 13.1 Å². The minimum absolute atomic E-state index is 0.243. The first-order valence-corrected chi connectivity index (χ1v) is 7.25. The molecule has 0 amide bonds. The van der Waals surface area contributed by atoms with Crippen LogP contribution in [0, 0.1) is 5.82 Å². The van der Waals surface area contributed by atoms with E-state index in [9.17, 15) is 4.39 Å². The van der Waals surface area contributed by atoms with E-state index >= 15 is 0 Å². The molecule has 2 N–H and O–H groups in total. The molecule has 7 heteroatoms. The molecular formula is C14H17BrFN5. The molecule has 0 unspecified atom stereocenters. The largest absolute Gasteiger partial charge is 0.352 e. The van der Waals surface area contributed by atoms with E-state index < -0.39 is 0 Å². The van der Waals surface area contributed by atoms with Gasteiger partial charge >= 0.3 is 0 Å². The van der Waals surface area contributed by atoms with Gasteiger partial charge in [0.25, 0.3) is 0 Å². The zero-order valence-corrected chi connectivity index (χ0v) is 13.5. The van der Waals surface area contributed by atoms with E-state index in [4.69, 9.17) is 0 Å². The highest BCUT2D eigenvalue weighted by Crippen LogP contribution is 2.15. The van der Waals surface area contributed by atoms with Gasteiger partial charge in [-0.15, -0.1) is 0 Å². The van der Waals surface area contributed by atoms with E-state index in [1.54, 1.807) is 30.1 Å². The van der Waals surface area contributed by atoms with E-state index in [1.165, 1.54) is 6.07 Å². The van der Waals surface area contributed by atoms with Crippen molar-refractivity contribution in [3.05, 3.63) is 52.0 Å². The third-order valence-corrected chi connectivity index (χ3v) is 3.53. The number of aromatic nitrogens is 2. The van der Waals surface area contributed by atoms with Gasteiger partial charge in [-0.25, -0.2) is 4.39 Å². The molecule has 1 aromatic heterocycles. The first-order chi connectivity index (χ1) is 10.1. The Morgan fingerprint density at radius 2 is 2.10 bits per heavy atom. The maximum atomic E-state index is 13.7. The average Bonchev–Trinajstić information content (AvgIpc) is 2.88. The van der Waals surface area contributed by atoms with Crippen molar-refractivity contribution in [1.29, 1.82) is 0 Å². The fourth-order valence-electron chi connectivity index (χ4n) is 1.83. The Kier molecular flexibility index (Phi) is 5.32. The zero-order valence-electron chi connectivity index (χ0n) is 11.9. The lowest BCUT2D eigenvalue weighted by Gasteiger charge is -2.12. The predicted octanol–water partition coefficient (Wildman–Crippen LogP) is 2.19. The molecule has 1 heterocycles. The quantitative estimate of drug-likeness (QED) is 0.654. The Balaban J connectivity index is 1.91. The Morgan fingerprint density at radius 1 is 1.33 bits per heavy atom. The number of rotatable bonds is 4. The highest BCUT2D eigenvalue weighted by atomic mass is 79.9. The lowest BCUT2D eigenvalue weighted by Crippen LogP contribution is -2.36. The maximum absolute atomic E-state index is 13.7. The molecule has 2 rings (SSSR count). The molecule has 0 aliphatic rings. The summed E-state index contributed by atoms with van der Waals surface area (Å²) in [4.78, 5) is 4.11. The van der Waals surface area contributed by atoms with Crippen LogP contribution in [-0.2, 0) is 20.1 Å². The van der Waals surface area contributed by atoms with Gasteiger partial charge in [0.1, 0.15) is 5.82 Å². The predicted molar refractivity (Wildman–Crippen MR) is 84.3 cm³/mol. The van der Waals surface area contributed by atoms with Gasteiger partial charge in [-0.1, -0.05) is 15.9 Å². The van der Waals surface area contributed by atoms with Gasteiger partial charge in [0.15, 0.2) is 5.96 Å². The van der Waals surface area contributed by atoms with Gasteiger partial charge in [0.05, 0.1) is 12.2 Å². The van der Waals surface area contributed by atoms with Gasteiger partial charge in [-0.2, -0.15) is 5.10 Å². The molecular weight excluding hydrogens is 337 g/mol. The van der Waals surface area contributed by atoms with Crippen LogP contribution in [0.15, 0.2) is 39.9 Å². The van der Waals surface area contributed by atoms with Crippen LogP contribution in [0.4, 0.5) is 4.39 Å². The molecule has 21 heavy (non-hydrogen) atoms. The molecule has 0 atom stereocenters. The second kappa shape index (κ2) is 7.21.